The fraction of sp³-hybridized carbons (Fsp3) is 0.133. The fourth-order valence-electron chi connectivity index (χ4n) is 2.04. The normalized spacial score (nSPS) is 10.6. The maximum absolute atomic E-state index is 13.5. The molecule has 0 spiro atoms. The van der Waals surface area contributed by atoms with Crippen LogP contribution in [0.2, 0.25) is 0 Å². The minimum atomic E-state index is -0.751. The second-order valence-electron chi connectivity index (χ2n) is 5.03. The standard InChI is InChI=1S/C15H13F2N7O/c16-10-6-9(7-11(17)8-10)13-21-14(19-4-2-12(18)25)23-15(22-13)24-5-1-3-20-24/h1,3,5-8H,2,4H2,(H2,18,25)(H,19,21,22,23). The number of benzene rings is 1. The first-order chi connectivity index (χ1) is 12.0. The molecule has 0 unspecified atom stereocenters. The summed E-state index contributed by atoms with van der Waals surface area (Å²) >= 11 is 0. The molecule has 0 radical (unpaired) electrons. The number of primary amides is 1. The monoisotopic (exact) mass is 345 g/mol. The van der Waals surface area contributed by atoms with Gasteiger partial charge in [0.1, 0.15) is 11.6 Å². The molecule has 3 aromatic rings. The quantitative estimate of drug-likeness (QED) is 0.696. The van der Waals surface area contributed by atoms with Crippen LogP contribution in [0.15, 0.2) is 36.7 Å². The molecule has 2 heterocycles. The second-order valence-corrected chi connectivity index (χ2v) is 5.03. The highest BCUT2D eigenvalue weighted by molar-refractivity contribution is 5.74. The Kier molecular flexibility index (Phi) is 4.59. The van der Waals surface area contributed by atoms with E-state index in [1.807, 2.05) is 0 Å². The van der Waals surface area contributed by atoms with Gasteiger partial charge < -0.3 is 11.1 Å². The number of hydrogen-bond donors (Lipinski definition) is 2. The number of halogens is 2. The van der Waals surface area contributed by atoms with Gasteiger partial charge in [0.05, 0.1) is 0 Å². The van der Waals surface area contributed by atoms with E-state index in [4.69, 9.17) is 5.73 Å². The van der Waals surface area contributed by atoms with E-state index in [1.54, 1.807) is 12.3 Å². The molecule has 0 saturated carbocycles. The summed E-state index contributed by atoms with van der Waals surface area (Å²) in [4.78, 5) is 23.3. The van der Waals surface area contributed by atoms with Crippen molar-refractivity contribution in [2.45, 2.75) is 6.42 Å². The average Bonchev–Trinajstić information content (AvgIpc) is 3.08. The van der Waals surface area contributed by atoms with Crippen LogP contribution in [0.4, 0.5) is 14.7 Å². The van der Waals surface area contributed by atoms with Gasteiger partial charge in [0.2, 0.25) is 11.9 Å². The number of nitrogens with one attached hydrogen (secondary N) is 1. The summed E-state index contributed by atoms with van der Waals surface area (Å²) in [7, 11) is 0. The number of rotatable bonds is 6. The summed E-state index contributed by atoms with van der Waals surface area (Å²) in [6.45, 7) is 0.203. The van der Waals surface area contributed by atoms with E-state index in [0.717, 1.165) is 18.2 Å². The van der Waals surface area contributed by atoms with Crippen molar-refractivity contribution in [3.05, 3.63) is 48.3 Å². The van der Waals surface area contributed by atoms with E-state index >= 15 is 0 Å². The molecule has 0 aliphatic carbocycles. The van der Waals surface area contributed by atoms with E-state index in [-0.39, 0.29) is 36.3 Å². The molecule has 3 N–H and O–H groups in total. The second kappa shape index (κ2) is 6.99. The summed E-state index contributed by atoms with van der Waals surface area (Å²) in [6, 6.07) is 4.65. The molecule has 0 bridgehead atoms. The number of nitrogens with zero attached hydrogens (tertiary/aromatic N) is 5. The summed E-state index contributed by atoms with van der Waals surface area (Å²) < 4.78 is 28.3. The zero-order valence-corrected chi connectivity index (χ0v) is 12.9. The van der Waals surface area contributed by atoms with Gasteiger partial charge in [0.15, 0.2) is 5.82 Å². The molecule has 0 aliphatic rings. The number of amides is 1. The highest BCUT2D eigenvalue weighted by Crippen LogP contribution is 2.20. The molecule has 0 fully saturated rings. The molecule has 0 saturated heterocycles. The van der Waals surface area contributed by atoms with Gasteiger partial charge in [-0.2, -0.15) is 20.1 Å². The van der Waals surface area contributed by atoms with Gasteiger partial charge in [0, 0.05) is 37.0 Å². The Bertz CT molecular complexity index is 879. The predicted octanol–water partition coefficient (Wildman–Crippen LogP) is 1.29. The van der Waals surface area contributed by atoms with E-state index in [2.05, 4.69) is 25.4 Å². The van der Waals surface area contributed by atoms with Gasteiger partial charge in [-0.15, -0.1) is 0 Å². The average molecular weight is 345 g/mol. The van der Waals surface area contributed by atoms with Crippen molar-refractivity contribution in [1.29, 1.82) is 0 Å². The Morgan fingerprint density at radius 1 is 1.16 bits per heavy atom. The van der Waals surface area contributed by atoms with E-state index in [0.29, 0.717) is 0 Å². The van der Waals surface area contributed by atoms with Gasteiger partial charge in [-0.25, -0.2) is 13.5 Å². The number of carbonyl (C=O) groups is 1. The van der Waals surface area contributed by atoms with E-state index < -0.39 is 17.5 Å². The van der Waals surface area contributed by atoms with Crippen molar-refractivity contribution in [2.24, 2.45) is 5.73 Å². The minimum Gasteiger partial charge on any atom is -0.370 e. The van der Waals surface area contributed by atoms with Crippen molar-refractivity contribution in [3.63, 3.8) is 0 Å². The lowest BCUT2D eigenvalue weighted by atomic mass is 10.2. The number of hydrogen-bond acceptors (Lipinski definition) is 6. The van der Waals surface area contributed by atoms with Crippen molar-refractivity contribution < 1.29 is 13.6 Å². The first kappa shape index (κ1) is 16.4. The Labute approximate surface area is 140 Å². The number of anilines is 1. The molecular weight excluding hydrogens is 332 g/mol. The SMILES string of the molecule is NC(=O)CCNc1nc(-c2cc(F)cc(F)c2)nc(-n2cccn2)n1. The van der Waals surface area contributed by atoms with E-state index in [1.165, 1.54) is 10.9 Å². The number of nitrogens with two attached hydrogens (primary N) is 1. The van der Waals surface area contributed by atoms with Crippen LogP contribution < -0.4 is 11.1 Å². The maximum Gasteiger partial charge on any atom is 0.255 e. The smallest absolute Gasteiger partial charge is 0.255 e. The Balaban J connectivity index is 2.01. The van der Waals surface area contributed by atoms with Crippen LogP contribution >= 0.6 is 0 Å². The summed E-state index contributed by atoms with van der Waals surface area (Å²) in [5, 5.41) is 6.85. The highest BCUT2D eigenvalue weighted by atomic mass is 19.1. The van der Waals surface area contributed by atoms with Crippen molar-refractivity contribution in [1.82, 2.24) is 24.7 Å². The van der Waals surface area contributed by atoms with Crippen molar-refractivity contribution in [3.8, 4) is 17.3 Å². The number of carbonyl (C=O) groups excluding carboxylic acids is 1. The van der Waals surface area contributed by atoms with Crippen LogP contribution in [-0.4, -0.2) is 37.2 Å². The van der Waals surface area contributed by atoms with Gasteiger partial charge in [-0.05, 0) is 18.2 Å². The van der Waals surface area contributed by atoms with Crippen LogP contribution in [-0.2, 0) is 4.79 Å². The topological polar surface area (TPSA) is 112 Å². The summed E-state index contributed by atoms with van der Waals surface area (Å²) in [6.07, 6.45) is 3.22. The maximum atomic E-state index is 13.5. The van der Waals surface area contributed by atoms with Crippen LogP contribution in [0.1, 0.15) is 6.42 Å². The molecule has 8 nitrogen and oxygen atoms in total. The predicted molar refractivity (Wildman–Crippen MR) is 84.6 cm³/mol. The first-order valence-electron chi connectivity index (χ1n) is 7.26. The lowest BCUT2D eigenvalue weighted by molar-refractivity contribution is -0.117. The van der Waals surface area contributed by atoms with Crippen LogP contribution in [0.5, 0.6) is 0 Å². The molecule has 1 aromatic carbocycles. The summed E-state index contributed by atoms with van der Waals surface area (Å²) in [5.74, 6) is -1.65. The lowest BCUT2D eigenvalue weighted by Gasteiger charge is -2.09. The zero-order valence-electron chi connectivity index (χ0n) is 12.9. The molecule has 0 aliphatic heterocycles. The third-order valence-corrected chi connectivity index (χ3v) is 3.11. The van der Waals surface area contributed by atoms with Gasteiger partial charge in [0.25, 0.3) is 5.95 Å². The van der Waals surface area contributed by atoms with Crippen LogP contribution in [0.3, 0.4) is 0 Å². The molecule has 10 heteroatoms. The first-order valence-corrected chi connectivity index (χ1v) is 7.26. The number of aromatic nitrogens is 5. The van der Waals surface area contributed by atoms with Gasteiger partial charge in [-0.3, -0.25) is 4.79 Å². The highest BCUT2D eigenvalue weighted by Gasteiger charge is 2.12. The van der Waals surface area contributed by atoms with E-state index in [9.17, 15) is 13.6 Å². The molecule has 3 rings (SSSR count). The molecule has 128 valence electrons. The van der Waals surface area contributed by atoms with Gasteiger partial charge >= 0.3 is 0 Å². The Morgan fingerprint density at radius 2 is 1.92 bits per heavy atom. The Morgan fingerprint density at radius 3 is 2.56 bits per heavy atom. The summed E-state index contributed by atoms with van der Waals surface area (Å²) in [5.41, 5.74) is 5.23. The minimum absolute atomic E-state index is 0.0560. The van der Waals surface area contributed by atoms with Crippen LogP contribution in [0, 0.1) is 11.6 Å². The fourth-order valence-corrected chi connectivity index (χ4v) is 2.04. The molecule has 1 amide bonds. The molecule has 25 heavy (non-hydrogen) atoms. The van der Waals surface area contributed by atoms with Gasteiger partial charge in [-0.1, -0.05) is 0 Å². The van der Waals surface area contributed by atoms with Crippen molar-refractivity contribution in [2.75, 3.05) is 11.9 Å². The van der Waals surface area contributed by atoms with Crippen LogP contribution in [0.25, 0.3) is 17.3 Å². The van der Waals surface area contributed by atoms with Crippen molar-refractivity contribution >= 4 is 11.9 Å². The lowest BCUT2D eigenvalue weighted by Crippen LogP contribution is -2.17. The third kappa shape index (κ3) is 4.10. The molecule has 2 aromatic heterocycles. The molecular formula is C15H13F2N7O. The molecule has 0 atom stereocenters. The zero-order chi connectivity index (χ0) is 17.8. The largest absolute Gasteiger partial charge is 0.370 e. The Hall–Kier alpha value is -3.43. The third-order valence-electron chi connectivity index (χ3n) is 3.11.